The van der Waals surface area contributed by atoms with Crippen LogP contribution in [0.1, 0.15) is 0 Å². The molecule has 30 valence electrons. The first-order valence-electron chi connectivity index (χ1n) is 1.36. The van der Waals surface area contributed by atoms with Crippen molar-refractivity contribution in [3.63, 3.8) is 0 Å². The summed E-state index contributed by atoms with van der Waals surface area (Å²) in [4.78, 5) is 0. The Kier molecular flexibility index (Phi) is 3.11. The Morgan fingerprint density at radius 1 is 1.83 bits per heavy atom. The predicted octanol–water partition coefficient (Wildman–Crippen LogP) is 0.117. The lowest BCUT2D eigenvalue weighted by Crippen LogP contribution is -1.77. The summed E-state index contributed by atoms with van der Waals surface area (Å²) in [6, 6.07) is 0. The van der Waals surface area contributed by atoms with Crippen LogP contribution in [0, 0.1) is 23.9 Å². The van der Waals surface area contributed by atoms with Gasteiger partial charge in [-0.15, -0.1) is 6.42 Å². The van der Waals surface area contributed by atoms with Crippen LogP contribution in [-0.2, 0) is 4.74 Å². The second-order valence-electron chi connectivity index (χ2n) is 0.584. The highest BCUT2D eigenvalue weighted by Gasteiger charge is 1.65. The first-order valence-corrected chi connectivity index (χ1v) is 1.36. The lowest BCUT2D eigenvalue weighted by Gasteiger charge is -1.76. The van der Waals surface area contributed by atoms with E-state index in [4.69, 9.17) is 5.26 Å². The van der Waals surface area contributed by atoms with Crippen LogP contribution in [0.15, 0.2) is 0 Å². The van der Waals surface area contributed by atoms with Gasteiger partial charge in [0.15, 0.2) is 6.61 Å². The van der Waals surface area contributed by atoms with Crippen molar-refractivity contribution >= 4 is 0 Å². The summed E-state index contributed by atoms with van der Waals surface area (Å²) >= 11 is 0. The van der Waals surface area contributed by atoms with Crippen molar-refractivity contribution in [2.75, 3.05) is 6.61 Å². The van der Waals surface area contributed by atoms with Gasteiger partial charge in [0, 0.05) is 0 Å². The minimum absolute atomic E-state index is 0.0799. The van der Waals surface area contributed by atoms with E-state index >= 15 is 0 Å². The zero-order valence-electron chi connectivity index (χ0n) is 3.14. The van der Waals surface area contributed by atoms with Crippen molar-refractivity contribution in [2.45, 2.75) is 0 Å². The fourth-order valence-electron chi connectivity index (χ4n) is 0.0739. The van der Waals surface area contributed by atoms with Crippen LogP contribution >= 0.6 is 0 Å². The highest BCUT2D eigenvalue weighted by molar-refractivity contribution is 4.83. The van der Waals surface area contributed by atoms with Gasteiger partial charge in [0.1, 0.15) is 0 Å². The summed E-state index contributed by atoms with van der Waals surface area (Å²) in [7, 11) is 0. The Labute approximate surface area is 36.3 Å². The van der Waals surface area contributed by atoms with E-state index in [0.29, 0.717) is 0 Å². The van der Waals surface area contributed by atoms with Gasteiger partial charge >= 0.3 is 0 Å². The molecule has 0 aromatic heterocycles. The molecule has 0 aliphatic carbocycles. The second kappa shape index (κ2) is 3.85. The van der Waals surface area contributed by atoms with Gasteiger partial charge in [-0.2, -0.15) is 5.26 Å². The molecule has 2 heteroatoms. The normalized spacial score (nSPS) is 5.00. The Balaban J connectivity index is 2.78. The minimum Gasteiger partial charge on any atom is -0.414 e. The Hall–Kier alpha value is -1.15. The molecular weight excluding hydrogens is 78.1 g/mol. The van der Waals surface area contributed by atoms with Gasteiger partial charge < -0.3 is 4.74 Å². The lowest BCUT2D eigenvalue weighted by molar-refractivity contribution is 0.319. The van der Waals surface area contributed by atoms with Crippen molar-refractivity contribution < 1.29 is 4.74 Å². The van der Waals surface area contributed by atoms with E-state index in [-0.39, 0.29) is 6.61 Å². The number of rotatable bonds is 1. The van der Waals surface area contributed by atoms with Gasteiger partial charge in [-0.25, -0.2) is 0 Å². The highest BCUT2D eigenvalue weighted by Crippen LogP contribution is 1.59. The maximum absolute atomic E-state index is 7.63. The van der Waals surface area contributed by atoms with E-state index in [1.165, 1.54) is 6.26 Å². The third kappa shape index (κ3) is 2.85. The quantitative estimate of drug-likeness (QED) is 0.255. The topological polar surface area (TPSA) is 33.0 Å². The van der Waals surface area contributed by atoms with Gasteiger partial charge in [-0.05, 0) is 0 Å². The lowest BCUT2D eigenvalue weighted by atomic mass is 10.8. The Bertz CT molecular complexity index is 81.1. The zero-order chi connectivity index (χ0) is 4.83. The van der Waals surface area contributed by atoms with Crippen LogP contribution in [0.5, 0.6) is 0 Å². The molecule has 0 spiro atoms. The molecule has 0 N–H and O–H groups in total. The van der Waals surface area contributed by atoms with E-state index in [1.54, 1.807) is 0 Å². The SMILES string of the molecule is C#CCOC#N. The molecule has 0 fully saturated rings. The molecule has 0 saturated heterocycles. The molecule has 0 atom stereocenters. The maximum Gasteiger partial charge on any atom is 0.287 e. The van der Waals surface area contributed by atoms with Gasteiger partial charge in [-0.3, -0.25) is 0 Å². The summed E-state index contributed by atoms with van der Waals surface area (Å²) in [5.41, 5.74) is 0. The van der Waals surface area contributed by atoms with Crippen LogP contribution in [-0.4, -0.2) is 6.61 Å². The zero-order valence-corrected chi connectivity index (χ0v) is 3.14. The molecule has 0 aromatic carbocycles. The fourth-order valence-corrected chi connectivity index (χ4v) is 0.0739. The number of terminal acetylenes is 1. The fraction of sp³-hybridized carbons (Fsp3) is 0.250. The first-order chi connectivity index (χ1) is 2.91. The first kappa shape index (κ1) is 4.85. The predicted molar refractivity (Wildman–Crippen MR) is 20.4 cm³/mol. The Morgan fingerprint density at radius 3 is 2.67 bits per heavy atom. The molecule has 0 heterocycles. The molecule has 2 nitrogen and oxygen atoms in total. The molecule has 0 unspecified atom stereocenters. The molecule has 0 amide bonds. The van der Waals surface area contributed by atoms with E-state index in [9.17, 15) is 0 Å². The average Bonchev–Trinajstić information content (AvgIpc) is 1.61. The largest absolute Gasteiger partial charge is 0.414 e. The van der Waals surface area contributed by atoms with Gasteiger partial charge in [0.05, 0.1) is 0 Å². The number of nitriles is 1. The van der Waals surface area contributed by atoms with Crippen LogP contribution in [0.3, 0.4) is 0 Å². The van der Waals surface area contributed by atoms with Gasteiger partial charge in [0.2, 0.25) is 0 Å². The molecule has 0 aliphatic heterocycles. The van der Waals surface area contributed by atoms with Crippen molar-refractivity contribution in [1.29, 1.82) is 5.26 Å². The smallest absolute Gasteiger partial charge is 0.287 e. The molecular formula is C4H3NO. The van der Waals surface area contributed by atoms with Crippen LogP contribution in [0.2, 0.25) is 0 Å². The third-order valence-electron chi connectivity index (χ3n) is 0.220. The monoisotopic (exact) mass is 81.0 g/mol. The van der Waals surface area contributed by atoms with E-state index in [0.717, 1.165) is 0 Å². The van der Waals surface area contributed by atoms with E-state index in [1.807, 2.05) is 0 Å². The molecule has 0 radical (unpaired) electrons. The molecule has 0 bridgehead atoms. The van der Waals surface area contributed by atoms with Crippen molar-refractivity contribution in [1.82, 2.24) is 0 Å². The van der Waals surface area contributed by atoms with Crippen molar-refractivity contribution in [2.24, 2.45) is 0 Å². The molecule has 0 aliphatic rings. The third-order valence-corrected chi connectivity index (χ3v) is 0.220. The summed E-state index contributed by atoms with van der Waals surface area (Å²) < 4.78 is 4.05. The number of nitrogens with zero attached hydrogens (tertiary/aromatic N) is 1. The average molecular weight is 81.1 g/mol. The van der Waals surface area contributed by atoms with Crippen molar-refractivity contribution in [3.8, 4) is 18.6 Å². The van der Waals surface area contributed by atoms with E-state index in [2.05, 4.69) is 17.1 Å². The highest BCUT2D eigenvalue weighted by atomic mass is 16.5. The minimum atomic E-state index is 0.0799. The van der Waals surface area contributed by atoms with Gasteiger partial charge in [-0.1, -0.05) is 5.92 Å². The molecule has 0 aromatic rings. The molecule has 6 heavy (non-hydrogen) atoms. The van der Waals surface area contributed by atoms with Crippen molar-refractivity contribution in [3.05, 3.63) is 0 Å². The summed E-state index contributed by atoms with van der Waals surface area (Å²) in [6.07, 6.45) is 6.11. The summed E-state index contributed by atoms with van der Waals surface area (Å²) in [5.74, 6) is 2.12. The second-order valence-corrected chi connectivity index (χ2v) is 0.584. The van der Waals surface area contributed by atoms with E-state index < -0.39 is 0 Å². The number of hydrogen-bond donors (Lipinski definition) is 0. The summed E-state index contributed by atoms with van der Waals surface area (Å²) in [5, 5.41) is 7.63. The number of ether oxygens (including phenoxy) is 1. The Morgan fingerprint density at radius 2 is 2.50 bits per heavy atom. The van der Waals surface area contributed by atoms with Crippen LogP contribution < -0.4 is 0 Å². The summed E-state index contributed by atoms with van der Waals surface area (Å²) in [6.45, 7) is 0.0799. The molecule has 0 saturated carbocycles. The van der Waals surface area contributed by atoms with Crippen LogP contribution in [0.25, 0.3) is 0 Å². The molecule has 0 rings (SSSR count). The van der Waals surface area contributed by atoms with Gasteiger partial charge in [0.25, 0.3) is 6.26 Å². The number of hydrogen-bond acceptors (Lipinski definition) is 2. The van der Waals surface area contributed by atoms with Crippen LogP contribution in [0.4, 0.5) is 0 Å². The standard InChI is InChI=1S/C4H3NO/c1-2-3-6-4-5/h1H,3H2. The maximum atomic E-state index is 7.63.